The summed E-state index contributed by atoms with van der Waals surface area (Å²) in [7, 11) is 0. The molecule has 0 aromatic rings. The van der Waals surface area contributed by atoms with Crippen molar-refractivity contribution in [3.8, 4) is 0 Å². The molecule has 0 saturated carbocycles. The molecule has 2 unspecified atom stereocenters. The Morgan fingerprint density at radius 1 is 1.29 bits per heavy atom. The van der Waals surface area contributed by atoms with Crippen LogP contribution in [-0.2, 0) is 4.79 Å². The summed E-state index contributed by atoms with van der Waals surface area (Å²) >= 11 is 0. The molecule has 1 saturated heterocycles. The second-order valence-corrected chi connectivity index (χ2v) is 3.95. The molecule has 80 valence electrons. The van der Waals surface area contributed by atoms with E-state index in [1.165, 1.54) is 0 Å². The molecule has 0 aliphatic carbocycles. The zero-order chi connectivity index (χ0) is 10.9. The highest BCUT2D eigenvalue weighted by atomic mass is 16.4. The fourth-order valence-electron chi connectivity index (χ4n) is 2.22. The van der Waals surface area contributed by atoms with Crippen LogP contribution in [-0.4, -0.2) is 34.1 Å². The zero-order valence-electron chi connectivity index (χ0n) is 8.43. The Labute approximate surface area is 82.9 Å². The van der Waals surface area contributed by atoms with Gasteiger partial charge in [0.25, 0.3) is 0 Å². The molecule has 2 amide bonds. The Morgan fingerprint density at radius 3 is 2.00 bits per heavy atom. The van der Waals surface area contributed by atoms with E-state index in [0.717, 1.165) is 0 Å². The number of amides is 2. The van der Waals surface area contributed by atoms with E-state index >= 15 is 0 Å². The summed E-state index contributed by atoms with van der Waals surface area (Å²) < 4.78 is 0. The van der Waals surface area contributed by atoms with Gasteiger partial charge in [-0.25, -0.2) is 4.79 Å². The molecule has 0 radical (unpaired) electrons. The predicted molar refractivity (Wildman–Crippen MR) is 50.7 cm³/mol. The lowest BCUT2D eigenvalue weighted by Gasteiger charge is -2.40. The molecule has 0 aromatic heterocycles. The molecule has 0 bridgehead atoms. The van der Waals surface area contributed by atoms with Gasteiger partial charge in [-0.05, 0) is 26.7 Å². The van der Waals surface area contributed by atoms with E-state index in [-0.39, 0.29) is 18.0 Å². The number of hydrogen-bond acceptors (Lipinski definition) is 2. The van der Waals surface area contributed by atoms with Gasteiger partial charge in [0.05, 0.1) is 5.92 Å². The first-order chi connectivity index (χ1) is 6.43. The van der Waals surface area contributed by atoms with Gasteiger partial charge in [-0.2, -0.15) is 0 Å². The smallest absolute Gasteiger partial charge is 0.315 e. The summed E-state index contributed by atoms with van der Waals surface area (Å²) in [5, 5.41) is 8.86. The first-order valence-electron chi connectivity index (χ1n) is 4.74. The molecule has 3 N–H and O–H groups in total. The van der Waals surface area contributed by atoms with Crippen LogP contribution in [0.3, 0.4) is 0 Å². The highest BCUT2D eigenvalue weighted by Crippen LogP contribution is 2.27. The number of nitrogens with two attached hydrogens (primary N) is 1. The third-order valence-corrected chi connectivity index (χ3v) is 2.80. The Kier molecular flexibility index (Phi) is 2.98. The van der Waals surface area contributed by atoms with Gasteiger partial charge in [-0.1, -0.05) is 0 Å². The molecule has 1 fully saturated rings. The van der Waals surface area contributed by atoms with Crippen LogP contribution >= 0.6 is 0 Å². The standard InChI is InChI=1S/C9H16N2O3/c1-5-3-7(8(12)13)4-6(2)11(5)9(10)14/h5-7H,3-4H2,1-2H3,(H2,10,14)(H,12,13). The number of carboxylic acid groups (broad SMARTS) is 1. The SMILES string of the molecule is CC1CC(C(=O)O)CC(C)N1C(N)=O. The van der Waals surface area contributed by atoms with E-state index in [1.54, 1.807) is 4.90 Å². The Balaban J connectivity index is 2.72. The maximum Gasteiger partial charge on any atom is 0.315 e. The Morgan fingerprint density at radius 2 is 1.71 bits per heavy atom. The number of nitrogens with zero attached hydrogens (tertiary/aromatic N) is 1. The average molecular weight is 200 g/mol. The van der Waals surface area contributed by atoms with E-state index in [0.29, 0.717) is 12.8 Å². The fraction of sp³-hybridized carbons (Fsp3) is 0.778. The van der Waals surface area contributed by atoms with E-state index < -0.39 is 12.0 Å². The first-order valence-corrected chi connectivity index (χ1v) is 4.74. The number of rotatable bonds is 1. The minimum absolute atomic E-state index is 0.0858. The molecule has 0 spiro atoms. The quantitative estimate of drug-likeness (QED) is 0.651. The maximum atomic E-state index is 11.1. The second-order valence-electron chi connectivity index (χ2n) is 3.95. The number of piperidine rings is 1. The maximum absolute atomic E-state index is 11.1. The van der Waals surface area contributed by atoms with Crippen molar-refractivity contribution in [1.82, 2.24) is 4.90 Å². The van der Waals surface area contributed by atoms with E-state index in [1.807, 2.05) is 13.8 Å². The molecular formula is C9H16N2O3. The van der Waals surface area contributed by atoms with Crippen molar-refractivity contribution in [3.63, 3.8) is 0 Å². The number of carbonyl (C=O) groups is 2. The molecule has 1 aliphatic heterocycles. The van der Waals surface area contributed by atoms with Crippen molar-refractivity contribution >= 4 is 12.0 Å². The molecule has 5 nitrogen and oxygen atoms in total. The minimum Gasteiger partial charge on any atom is -0.481 e. The van der Waals surface area contributed by atoms with Gasteiger partial charge >= 0.3 is 12.0 Å². The highest BCUT2D eigenvalue weighted by molar-refractivity contribution is 5.74. The monoisotopic (exact) mass is 200 g/mol. The lowest BCUT2D eigenvalue weighted by molar-refractivity contribution is -0.144. The first kappa shape index (κ1) is 10.8. The lowest BCUT2D eigenvalue weighted by Crippen LogP contribution is -2.53. The minimum atomic E-state index is -0.784. The van der Waals surface area contributed by atoms with E-state index in [2.05, 4.69) is 0 Å². The number of likely N-dealkylation sites (tertiary alicyclic amines) is 1. The summed E-state index contributed by atoms with van der Waals surface area (Å²) in [5.41, 5.74) is 5.21. The summed E-state index contributed by atoms with van der Waals surface area (Å²) in [5.74, 6) is -1.14. The van der Waals surface area contributed by atoms with Crippen LogP contribution in [0.5, 0.6) is 0 Å². The van der Waals surface area contributed by atoms with Crippen LogP contribution in [0.1, 0.15) is 26.7 Å². The third kappa shape index (κ3) is 1.97. The van der Waals surface area contributed by atoms with Gasteiger partial charge in [0.2, 0.25) is 0 Å². The topological polar surface area (TPSA) is 83.6 Å². The fourth-order valence-corrected chi connectivity index (χ4v) is 2.22. The molecule has 2 atom stereocenters. The Hall–Kier alpha value is -1.26. The molecular weight excluding hydrogens is 184 g/mol. The molecule has 1 heterocycles. The average Bonchev–Trinajstić information content (AvgIpc) is 2.01. The van der Waals surface area contributed by atoms with Crippen molar-refractivity contribution < 1.29 is 14.7 Å². The molecule has 1 rings (SSSR count). The third-order valence-electron chi connectivity index (χ3n) is 2.80. The zero-order valence-corrected chi connectivity index (χ0v) is 8.43. The van der Waals surface area contributed by atoms with Gasteiger partial charge in [-0.3, -0.25) is 4.79 Å². The number of primary amides is 1. The number of carboxylic acids is 1. The summed E-state index contributed by atoms with van der Waals surface area (Å²) in [6.07, 6.45) is 0.977. The van der Waals surface area contributed by atoms with Gasteiger partial charge in [0.15, 0.2) is 0 Å². The Bertz CT molecular complexity index is 242. The van der Waals surface area contributed by atoms with E-state index in [4.69, 9.17) is 10.8 Å². The van der Waals surface area contributed by atoms with E-state index in [9.17, 15) is 9.59 Å². The number of aliphatic carboxylic acids is 1. The van der Waals surface area contributed by atoms with Crippen molar-refractivity contribution in [3.05, 3.63) is 0 Å². The predicted octanol–water partition coefficient (Wildman–Crippen LogP) is 0.639. The largest absolute Gasteiger partial charge is 0.481 e. The summed E-state index contributed by atoms with van der Waals surface area (Å²) in [6.45, 7) is 3.66. The lowest BCUT2D eigenvalue weighted by atomic mass is 9.87. The number of hydrogen-bond donors (Lipinski definition) is 2. The molecule has 0 aromatic carbocycles. The van der Waals surface area contributed by atoms with Gasteiger partial charge in [0, 0.05) is 12.1 Å². The van der Waals surface area contributed by atoms with Crippen LogP contribution in [0.15, 0.2) is 0 Å². The number of urea groups is 1. The van der Waals surface area contributed by atoms with Gasteiger partial charge in [0.1, 0.15) is 0 Å². The molecule has 1 aliphatic rings. The summed E-state index contributed by atoms with van der Waals surface area (Å²) in [4.78, 5) is 23.4. The van der Waals surface area contributed by atoms with Crippen LogP contribution < -0.4 is 5.73 Å². The van der Waals surface area contributed by atoms with Gasteiger partial charge < -0.3 is 15.7 Å². The van der Waals surface area contributed by atoms with Crippen molar-refractivity contribution in [2.24, 2.45) is 11.7 Å². The molecule has 14 heavy (non-hydrogen) atoms. The van der Waals surface area contributed by atoms with Crippen molar-refractivity contribution in [2.75, 3.05) is 0 Å². The van der Waals surface area contributed by atoms with Gasteiger partial charge in [-0.15, -0.1) is 0 Å². The van der Waals surface area contributed by atoms with Crippen LogP contribution in [0.2, 0.25) is 0 Å². The normalized spacial score (nSPS) is 32.7. The second kappa shape index (κ2) is 3.86. The van der Waals surface area contributed by atoms with Crippen LogP contribution in [0, 0.1) is 5.92 Å². The van der Waals surface area contributed by atoms with Crippen molar-refractivity contribution in [1.29, 1.82) is 0 Å². The van der Waals surface area contributed by atoms with Crippen LogP contribution in [0.25, 0.3) is 0 Å². The summed E-state index contributed by atoms with van der Waals surface area (Å²) in [6, 6.07) is -0.636. The van der Waals surface area contributed by atoms with Crippen LogP contribution in [0.4, 0.5) is 4.79 Å². The van der Waals surface area contributed by atoms with Crippen molar-refractivity contribution in [2.45, 2.75) is 38.8 Å². The number of carbonyl (C=O) groups excluding carboxylic acids is 1. The highest BCUT2D eigenvalue weighted by Gasteiger charge is 2.35. The molecule has 5 heteroatoms.